The summed E-state index contributed by atoms with van der Waals surface area (Å²) in [7, 11) is -4.05. The Bertz CT molecular complexity index is 764. The zero-order valence-corrected chi connectivity index (χ0v) is 11.4. The van der Waals surface area contributed by atoms with E-state index in [1.807, 2.05) is 0 Å². The van der Waals surface area contributed by atoms with E-state index >= 15 is 0 Å². The lowest BCUT2D eigenvalue weighted by Gasteiger charge is -2.10. The van der Waals surface area contributed by atoms with Crippen molar-refractivity contribution in [2.24, 2.45) is 0 Å². The molecule has 0 saturated heterocycles. The number of nitrogens with zero attached hydrogens (tertiary/aromatic N) is 2. The van der Waals surface area contributed by atoms with Crippen molar-refractivity contribution in [2.45, 2.75) is 4.90 Å². The number of rotatable bonds is 4. The van der Waals surface area contributed by atoms with Gasteiger partial charge in [-0.1, -0.05) is 11.6 Å². The molecule has 20 heavy (non-hydrogen) atoms. The Morgan fingerprint density at radius 3 is 2.50 bits per heavy atom. The number of carbonyl (C=O) groups is 1. The fourth-order valence-corrected chi connectivity index (χ4v) is 2.95. The van der Waals surface area contributed by atoms with Gasteiger partial charge in [0.2, 0.25) is 0 Å². The third kappa shape index (κ3) is 2.86. The minimum atomic E-state index is -4.05. The van der Waals surface area contributed by atoms with Gasteiger partial charge in [-0.05, 0) is 24.3 Å². The molecule has 0 spiro atoms. The zero-order valence-electron chi connectivity index (χ0n) is 9.82. The number of halogens is 1. The van der Waals surface area contributed by atoms with Crippen molar-refractivity contribution in [2.75, 3.05) is 4.72 Å². The van der Waals surface area contributed by atoms with Crippen molar-refractivity contribution in [1.82, 2.24) is 9.97 Å². The lowest BCUT2D eigenvalue weighted by atomic mass is 10.3. The molecule has 0 fully saturated rings. The van der Waals surface area contributed by atoms with Gasteiger partial charge in [-0.3, -0.25) is 4.72 Å². The molecule has 9 heteroatoms. The van der Waals surface area contributed by atoms with E-state index in [1.165, 1.54) is 36.7 Å². The largest absolute Gasteiger partial charge is 0.476 e. The summed E-state index contributed by atoms with van der Waals surface area (Å²) in [6.45, 7) is 0. The van der Waals surface area contributed by atoms with Crippen LogP contribution in [0.15, 0.2) is 41.6 Å². The van der Waals surface area contributed by atoms with Crippen LogP contribution in [0.25, 0.3) is 0 Å². The summed E-state index contributed by atoms with van der Waals surface area (Å²) in [5, 5.41) is 8.74. The Balaban J connectivity index is 2.45. The number of carboxylic acid groups (broad SMARTS) is 1. The molecule has 2 heterocycles. The number of anilines is 1. The maximum absolute atomic E-state index is 12.1. The van der Waals surface area contributed by atoms with Crippen LogP contribution in [0.1, 0.15) is 10.5 Å². The molecule has 2 aromatic heterocycles. The highest BCUT2D eigenvalue weighted by Crippen LogP contribution is 2.22. The Labute approximate surface area is 119 Å². The smallest absolute Gasteiger partial charge is 0.356 e. The molecule has 7 nitrogen and oxygen atoms in total. The van der Waals surface area contributed by atoms with E-state index < -0.39 is 21.7 Å². The highest BCUT2D eigenvalue weighted by molar-refractivity contribution is 7.92. The fourth-order valence-electron chi connectivity index (χ4n) is 1.43. The summed E-state index contributed by atoms with van der Waals surface area (Å²) < 4.78 is 26.4. The molecule has 0 aliphatic heterocycles. The lowest BCUT2D eigenvalue weighted by Crippen LogP contribution is -2.17. The van der Waals surface area contributed by atoms with Crippen LogP contribution in [0.5, 0.6) is 0 Å². The molecule has 2 rings (SSSR count). The predicted molar refractivity (Wildman–Crippen MR) is 71.3 cm³/mol. The quantitative estimate of drug-likeness (QED) is 0.830. The lowest BCUT2D eigenvalue weighted by molar-refractivity contribution is 0.0692. The monoisotopic (exact) mass is 313 g/mol. The molecule has 0 amide bonds. The number of hydrogen-bond donors (Lipinski definition) is 2. The normalized spacial score (nSPS) is 11.1. The summed E-state index contributed by atoms with van der Waals surface area (Å²) >= 11 is 5.72. The summed E-state index contributed by atoms with van der Waals surface area (Å²) in [6.07, 6.45) is 2.59. The Morgan fingerprint density at radius 1 is 1.20 bits per heavy atom. The van der Waals surface area contributed by atoms with Crippen LogP contribution in [-0.4, -0.2) is 29.5 Å². The van der Waals surface area contributed by atoms with E-state index in [-0.39, 0.29) is 15.7 Å². The molecule has 0 aliphatic carbocycles. The second-order valence-electron chi connectivity index (χ2n) is 3.60. The molecule has 0 radical (unpaired) electrons. The molecule has 0 aromatic carbocycles. The Hall–Kier alpha value is -2.19. The molecule has 2 aromatic rings. The first kappa shape index (κ1) is 14.2. The fraction of sp³-hybridized carbons (Fsp3) is 0. The van der Waals surface area contributed by atoms with Gasteiger partial charge >= 0.3 is 5.97 Å². The van der Waals surface area contributed by atoms with Crippen LogP contribution in [0.4, 0.5) is 5.69 Å². The SMILES string of the molecule is O=C(O)c1ncccc1NS(=O)(=O)c1cccnc1Cl. The molecular formula is C11H8ClN3O4S. The maximum atomic E-state index is 12.1. The third-order valence-corrected chi connectivity index (χ3v) is 4.08. The van der Waals surface area contributed by atoms with E-state index in [1.54, 1.807) is 0 Å². The van der Waals surface area contributed by atoms with E-state index in [4.69, 9.17) is 16.7 Å². The first-order valence-electron chi connectivity index (χ1n) is 5.23. The summed E-state index contributed by atoms with van der Waals surface area (Å²) in [5.41, 5.74) is -0.559. The van der Waals surface area contributed by atoms with E-state index in [0.29, 0.717) is 0 Å². The number of pyridine rings is 2. The maximum Gasteiger partial charge on any atom is 0.356 e. The number of sulfonamides is 1. The van der Waals surface area contributed by atoms with Crippen LogP contribution in [0.2, 0.25) is 5.15 Å². The molecule has 104 valence electrons. The Morgan fingerprint density at radius 2 is 1.85 bits per heavy atom. The minimum Gasteiger partial charge on any atom is -0.476 e. The molecular weight excluding hydrogens is 306 g/mol. The number of hydrogen-bond acceptors (Lipinski definition) is 5. The number of aromatic carboxylic acids is 1. The van der Waals surface area contributed by atoms with Crippen molar-refractivity contribution in [3.8, 4) is 0 Å². The standard InChI is InChI=1S/C11H8ClN3O4S/c12-10-8(4-2-6-14-10)20(18,19)15-7-3-1-5-13-9(7)11(16)17/h1-6,15H,(H,16,17). The molecule has 0 bridgehead atoms. The second-order valence-corrected chi connectivity index (χ2v) is 5.61. The van der Waals surface area contributed by atoms with Crippen molar-refractivity contribution in [3.05, 3.63) is 47.5 Å². The summed E-state index contributed by atoms with van der Waals surface area (Å²) in [4.78, 5) is 18.0. The first-order chi connectivity index (χ1) is 9.42. The number of aromatic nitrogens is 2. The molecule has 0 atom stereocenters. The van der Waals surface area contributed by atoms with Gasteiger partial charge in [-0.2, -0.15) is 0 Å². The zero-order chi connectivity index (χ0) is 14.8. The first-order valence-corrected chi connectivity index (χ1v) is 7.09. The van der Waals surface area contributed by atoms with E-state index in [9.17, 15) is 13.2 Å². The van der Waals surface area contributed by atoms with Gasteiger partial charge in [0.1, 0.15) is 10.0 Å². The van der Waals surface area contributed by atoms with E-state index in [0.717, 1.165) is 0 Å². The molecule has 2 N–H and O–H groups in total. The van der Waals surface area contributed by atoms with Gasteiger partial charge in [0.15, 0.2) is 5.69 Å². The van der Waals surface area contributed by atoms with Gasteiger partial charge in [-0.15, -0.1) is 0 Å². The number of nitrogens with one attached hydrogen (secondary N) is 1. The van der Waals surface area contributed by atoms with Gasteiger partial charge < -0.3 is 5.11 Å². The predicted octanol–water partition coefficient (Wildman–Crippen LogP) is 1.63. The van der Waals surface area contributed by atoms with Crippen molar-refractivity contribution in [1.29, 1.82) is 0 Å². The van der Waals surface area contributed by atoms with Crippen LogP contribution < -0.4 is 4.72 Å². The van der Waals surface area contributed by atoms with Crippen LogP contribution in [0, 0.1) is 0 Å². The van der Waals surface area contributed by atoms with Gasteiger partial charge in [0, 0.05) is 12.4 Å². The minimum absolute atomic E-state index is 0.153. The topological polar surface area (TPSA) is 109 Å². The molecule has 0 unspecified atom stereocenters. The number of carboxylic acids is 1. The average molecular weight is 314 g/mol. The summed E-state index contributed by atoms with van der Waals surface area (Å²) in [6, 6.07) is 5.36. The average Bonchev–Trinajstić information content (AvgIpc) is 2.39. The van der Waals surface area contributed by atoms with Crippen molar-refractivity contribution in [3.63, 3.8) is 0 Å². The van der Waals surface area contributed by atoms with Crippen LogP contribution in [-0.2, 0) is 10.0 Å². The van der Waals surface area contributed by atoms with Crippen LogP contribution in [0.3, 0.4) is 0 Å². The van der Waals surface area contributed by atoms with Gasteiger partial charge in [0.25, 0.3) is 10.0 Å². The highest BCUT2D eigenvalue weighted by Gasteiger charge is 2.21. The van der Waals surface area contributed by atoms with Crippen molar-refractivity contribution < 1.29 is 18.3 Å². The Kier molecular flexibility index (Phi) is 3.86. The third-order valence-electron chi connectivity index (χ3n) is 2.27. The second kappa shape index (κ2) is 5.43. The van der Waals surface area contributed by atoms with E-state index in [2.05, 4.69) is 14.7 Å². The molecule has 0 aliphatic rings. The van der Waals surface area contributed by atoms with Crippen molar-refractivity contribution >= 4 is 33.3 Å². The van der Waals surface area contributed by atoms with Gasteiger partial charge in [-0.25, -0.2) is 23.2 Å². The van der Waals surface area contributed by atoms with Gasteiger partial charge in [0.05, 0.1) is 5.69 Å². The molecule has 0 saturated carbocycles. The van der Waals surface area contributed by atoms with Crippen LogP contribution >= 0.6 is 11.6 Å². The highest BCUT2D eigenvalue weighted by atomic mass is 35.5. The summed E-state index contributed by atoms with van der Waals surface area (Å²) in [5.74, 6) is -1.35.